The molecule has 21 heavy (non-hydrogen) atoms. The van der Waals surface area contributed by atoms with Gasteiger partial charge in [-0.1, -0.05) is 48.5 Å². The highest BCUT2D eigenvalue weighted by Gasteiger charge is 2.20. The first kappa shape index (κ1) is 14.7. The standard InChI is InChI=1S/C16H16N2O3/c1-21-14(12-8-4-2-5-9-12)16(20)18-17-15(19)13-10-6-3-7-11-13/h2-11,14H,1H3,(H,17,19)(H,18,20). The number of rotatable bonds is 4. The molecule has 0 aromatic heterocycles. The molecule has 2 amide bonds. The lowest BCUT2D eigenvalue weighted by Gasteiger charge is -2.16. The van der Waals surface area contributed by atoms with Crippen molar-refractivity contribution in [1.82, 2.24) is 10.9 Å². The molecule has 0 saturated heterocycles. The minimum Gasteiger partial charge on any atom is -0.367 e. The maximum Gasteiger partial charge on any atom is 0.272 e. The molecule has 0 radical (unpaired) electrons. The zero-order chi connectivity index (χ0) is 15.1. The SMILES string of the molecule is COC(C(=O)NNC(=O)c1ccccc1)c1ccccc1. The second kappa shape index (κ2) is 7.21. The van der Waals surface area contributed by atoms with Crippen molar-refractivity contribution in [3.8, 4) is 0 Å². The molecule has 0 fully saturated rings. The first-order valence-corrected chi connectivity index (χ1v) is 6.45. The second-order valence-corrected chi connectivity index (χ2v) is 4.34. The summed E-state index contributed by atoms with van der Waals surface area (Å²) in [5, 5.41) is 0. The van der Waals surface area contributed by atoms with Gasteiger partial charge < -0.3 is 4.74 Å². The van der Waals surface area contributed by atoms with Gasteiger partial charge in [-0.15, -0.1) is 0 Å². The van der Waals surface area contributed by atoms with Crippen molar-refractivity contribution < 1.29 is 14.3 Å². The van der Waals surface area contributed by atoms with Gasteiger partial charge in [-0.3, -0.25) is 20.4 Å². The van der Waals surface area contributed by atoms with Crippen molar-refractivity contribution in [3.63, 3.8) is 0 Å². The first-order chi connectivity index (χ1) is 10.2. The summed E-state index contributed by atoms with van der Waals surface area (Å²) in [6, 6.07) is 17.7. The van der Waals surface area contributed by atoms with Gasteiger partial charge in [0.15, 0.2) is 6.10 Å². The Kier molecular flexibility index (Phi) is 5.06. The van der Waals surface area contributed by atoms with Crippen molar-refractivity contribution >= 4 is 11.8 Å². The Labute approximate surface area is 122 Å². The van der Waals surface area contributed by atoms with E-state index >= 15 is 0 Å². The molecule has 0 saturated carbocycles. The third-order valence-corrected chi connectivity index (χ3v) is 2.91. The molecule has 0 aliphatic rings. The lowest BCUT2D eigenvalue weighted by Crippen LogP contribution is -2.44. The highest BCUT2D eigenvalue weighted by Crippen LogP contribution is 2.15. The van der Waals surface area contributed by atoms with E-state index < -0.39 is 12.0 Å². The number of hydrogen-bond acceptors (Lipinski definition) is 3. The van der Waals surface area contributed by atoms with E-state index in [2.05, 4.69) is 10.9 Å². The highest BCUT2D eigenvalue weighted by atomic mass is 16.5. The molecule has 2 aromatic rings. The van der Waals surface area contributed by atoms with Crippen LogP contribution < -0.4 is 10.9 Å². The van der Waals surface area contributed by atoms with Crippen LogP contribution in [-0.2, 0) is 9.53 Å². The molecule has 1 atom stereocenters. The third kappa shape index (κ3) is 3.90. The summed E-state index contributed by atoms with van der Waals surface area (Å²) in [6.45, 7) is 0. The molecule has 0 aliphatic heterocycles. The summed E-state index contributed by atoms with van der Waals surface area (Å²) in [4.78, 5) is 23.9. The number of ether oxygens (including phenoxy) is 1. The van der Waals surface area contributed by atoms with E-state index in [1.54, 1.807) is 36.4 Å². The minimum atomic E-state index is -0.776. The molecule has 108 valence electrons. The van der Waals surface area contributed by atoms with Gasteiger partial charge >= 0.3 is 0 Å². The summed E-state index contributed by atoms with van der Waals surface area (Å²) in [5.74, 6) is -0.820. The Morgan fingerprint density at radius 1 is 0.905 bits per heavy atom. The van der Waals surface area contributed by atoms with Gasteiger partial charge in [0.25, 0.3) is 11.8 Å². The number of amides is 2. The molecule has 0 heterocycles. The lowest BCUT2D eigenvalue weighted by atomic mass is 10.1. The fourth-order valence-corrected chi connectivity index (χ4v) is 1.87. The Morgan fingerprint density at radius 3 is 2.05 bits per heavy atom. The molecule has 0 spiro atoms. The van der Waals surface area contributed by atoms with Crippen molar-refractivity contribution in [3.05, 3.63) is 71.8 Å². The number of hydrogen-bond donors (Lipinski definition) is 2. The quantitative estimate of drug-likeness (QED) is 0.842. The fourth-order valence-electron chi connectivity index (χ4n) is 1.87. The molecule has 5 heteroatoms. The Morgan fingerprint density at radius 2 is 1.48 bits per heavy atom. The molecule has 1 unspecified atom stereocenters. The molecular formula is C16H16N2O3. The van der Waals surface area contributed by atoms with Gasteiger partial charge in [-0.05, 0) is 17.7 Å². The minimum absolute atomic E-state index is 0.383. The molecule has 5 nitrogen and oxygen atoms in total. The predicted molar refractivity (Wildman–Crippen MR) is 78.2 cm³/mol. The molecule has 2 aromatic carbocycles. The van der Waals surface area contributed by atoms with E-state index in [1.165, 1.54) is 7.11 Å². The summed E-state index contributed by atoms with van der Waals surface area (Å²) in [7, 11) is 1.44. The van der Waals surface area contributed by atoms with E-state index in [0.29, 0.717) is 11.1 Å². The smallest absolute Gasteiger partial charge is 0.272 e. The third-order valence-electron chi connectivity index (χ3n) is 2.91. The summed E-state index contributed by atoms with van der Waals surface area (Å²) < 4.78 is 5.17. The van der Waals surface area contributed by atoms with Crippen LogP contribution in [-0.4, -0.2) is 18.9 Å². The number of methoxy groups -OCH3 is 1. The maximum absolute atomic E-state index is 12.1. The summed E-state index contributed by atoms with van der Waals surface area (Å²) >= 11 is 0. The maximum atomic E-state index is 12.1. The van der Waals surface area contributed by atoms with Crippen molar-refractivity contribution in [1.29, 1.82) is 0 Å². The van der Waals surface area contributed by atoms with E-state index in [0.717, 1.165) is 0 Å². The van der Waals surface area contributed by atoms with Crippen LogP contribution in [0, 0.1) is 0 Å². The van der Waals surface area contributed by atoms with Crippen LogP contribution in [0.4, 0.5) is 0 Å². The number of benzene rings is 2. The van der Waals surface area contributed by atoms with E-state index in [4.69, 9.17) is 4.74 Å². The molecule has 2 rings (SSSR count). The van der Waals surface area contributed by atoms with Gasteiger partial charge in [0, 0.05) is 12.7 Å². The average molecular weight is 284 g/mol. The van der Waals surface area contributed by atoms with Crippen LogP contribution in [0.1, 0.15) is 22.0 Å². The van der Waals surface area contributed by atoms with Gasteiger partial charge in [-0.25, -0.2) is 0 Å². The molecule has 2 N–H and O–H groups in total. The van der Waals surface area contributed by atoms with Crippen LogP contribution >= 0.6 is 0 Å². The fraction of sp³-hybridized carbons (Fsp3) is 0.125. The van der Waals surface area contributed by atoms with Gasteiger partial charge in [0.2, 0.25) is 0 Å². The molecule has 0 aliphatic carbocycles. The van der Waals surface area contributed by atoms with Crippen molar-refractivity contribution in [2.75, 3.05) is 7.11 Å². The van der Waals surface area contributed by atoms with Crippen LogP contribution in [0.2, 0.25) is 0 Å². The summed E-state index contributed by atoms with van der Waals surface area (Å²) in [6.07, 6.45) is -0.776. The highest BCUT2D eigenvalue weighted by molar-refractivity contribution is 5.95. The zero-order valence-corrected chi connectivity index (χ0v) is 11.6. The number of carbonyl (C=O) groups excluding carboxylic acids is 2. The van der Waals surface area contributed by atoms with Crippen LogP contribution in [0.5, 0.6) is 0 Å². The van der Waals surface area contributed by atoms with E-state index in [9.17, 15) is 9.59 Å². The Hall–Kier alpha value is -2.66. The Balaban J connectivity index is 1.96. The van der Waals surface area contributed by atoms with Gasteiger partial charge in [0.05, 0.1) is 0 Å². The number of nitrogens with one attached hydrogen (secondary N) is 2. The number of carbonyl (C=O) groups is 2. The molecule has 0 bridgehead atoms. The largest absolute Gasteiger partial charge is 0.367 e. The molecular weight excluding hydrogens is 268 g/mol. The topological polar surface area (TPSA) is 67.4 Å². The zero-order valence-electron chi connectivity index (χ0n) is 11.6. The normalized spacial score (nSPS) is 11.5. The van der Waals surface area contributed by atoms with Crippen molar-refractivity contribution in [2.24, 2.45) is 0 Å². The van der Waals surface area contributed by atoms with Crippen molar-refractivity contribution in [2.45, 2.75) is 6.10 Å². The van der Waals surface area contributed by atoms with Gasteiger partial charge in [0.1, 0.15) is 0 Å². The van der Waals surface area contributed by atoms with E-state index in [-0.39, 0.29) is 5.91 Å². The van der Waals surface area contributed by atoms with Crippen LogP contribution in [0.15, 0.2) is 60.7 Å². The summed E-state index contributed by atoms with van der Waals surface area (Å²) in [5.41, 5.74) is 5.91. The van der Waals surface area contributed by atoms with E-state index in [1.807, 2.05) is 24.3 Å². The predicted octanol–water partition coefficient (Wildman–Crippen LogP) is 1.84. The van der Waals surface area contributed by atoms with Crippen LogP contribution in [0.25, 0.3) is 0 Å². The van der Waals surface area contributed by atoms with Gasteiger partial charge in [-0.2, -0.15) is 0 Å². The second-order valence-electron chi connectivity index (χ2n) is 4.34. The monoisotopic (exact) mass is 284 g/mol. The number of hydrazine groups is 1. The van der Waals surface area contributed by atoms with Crippen LogP contribution in [0.3, 0.4) is 0 Å². The Bertz CT molecular complexity index is 599. The average Bonchev–Trinajstić information content (AvgIpc) is 2.55. The first-order valence-electron chi connectivity index (χ1n) is 6.45. The lowest BCUT2D eigenvalue weighted by molar-refractivity contribution is -0.132.